The fraction of sp³-hybridized carbons (Fsp3) is 0.333. The van der Waals surface area contributed by atoms with E-state index in [4.69, 9.17) is 5.73 Å². The van der Waals surface area contributed by atoms with Gasteiger partial charge in [0.05, 0.1) is 6.61 Å². The van der Waals surface area contributed by atoms with Crippen LogP contribution in [0.2, 0.25) is 0 Å². The van der Waals surface area contributed by atoms with Gasteiger partial charge < -0.3 is 15.2 Å². The van der Waals surface area contributed by atoms with Gasteiger partial charge in [-0.15, -0.1) is 13.2 Å². The molecule has 0 radical (unpaired) electrons. The van der Waals surface area contributed by atoms with Crippen molar-refractivity contribution < 1.29 is 27.4 Å². The summed E-state index contributed by atoms with van der Waals surface area (Å²) < 4.78 is 44.2. The Morgan fingerprint density at radius 2 is 2.18 bits per heavy atom. The topological polar surface area (TPSA) is 74.4 Å². The van der Waals surface area contributed by atoms with Gasteiger partial charge in [-0.25, -0.2) is 9.78 Å². The number of carbonyl (C=O) groups excluding carboxylic acids is 1. The molecular weight excluding hydrogens is 241 g/mol. The molecule has 0 amide bonds. The lowest BCUT2D eigenvalue weighted by Crippen LogP contribution is -2.19. The fourth-order valence-electron chi connectivity index (χ4n) is 1.03. The highest BCUT2D eigenvalue weighted by Gasteiger charge is 2.33. The molecule has 0 atom stereocenters. The van der Waals surface area contributed by atoms with E-state index in [1.165, 1.54) is 0 Å². The Hall–Kier alpha value is -1.99. The summed E-state index contributed by atoms with van der Waals surface area (Å²) in [7, 11) is 0. The largest absolute Gasteiger partial charge is 0.573 e. The third kappa shape index (κ3) is 3.51. The summed E-state index contributed by atoms with van der Waals surface area (Å²) in [5.74, 6) is -1.59. The zero-order chi connectivity index (χ0) is 13.1. The van der Waals surface area contributed by atoms with Crippen LogP contribution in [0.25, 0.3) is 0 Å². The number of rotatable bonds is 3. The van der Waals surface area contributed by atoms with E-state index in [1.54, 1.807) is 6.92 Å². The SMILES string of the molecule is CCOC(=O)c1nccc(OC(F)(F)F)c1N. The van der Waals surface area contributed by atoms with Crippen molar-refractivity contribution in [2.45, 2.75) is 13.3 Å². The summed E-state index contributed by atoms with van der Waals surface area (Å²) in [5.41, 5.74) is 4.41. The minimum Gasteiger partial charge on any atom is -0.461 e. The number of esters is 1. The number of hydrogen-bond donors (Lipinski definition) is 1. The second-order valence-electron chi connectivity index (χ2n) is 2.84. The van der Waals surface area contributed by atoms with Crippen LogP contribution < -0.4 is 10.5 Å². The van der Waals surface area contributed by atoms with Gasteiger partial charge in [-0.1, -0.05) is 0 Å². The third-order valence-corrected chi connectivity index (χ3v) is 1.64. The Morgan fingerprint density at radius 1 is 1.53 bits per heavy atom. The highest BCUT2D eigenvalue weighted by atomic mass is 19.4. The molecule has 0 spiro atoms. The minimum absolute atomic E-state index is 0.0598. The van der Waals surface area contributed by atoms with Crippen LogP contribution in [0, 0.1) is 0 Å². The van der Waals surface area contributed by atoms with Crippen molar-refractivity contribution in [2.24, 2.45) is 0 Å². The number of nitrogen functional groups attached to an aromatic ring is 1. The van der Waals surface area contributed by atoms with E-state index >= 15 is 0 Å². The Morgan fingerprint density at radius 3 is 2.71 bits per heavy atom. The molecule has 0 aliphatic heterocycles. The van der Waals surface area contributed by atoms with E-state index in [0.717, 1.165) is 12.3 Å². The average Bonchev–Trinajstić information content (AvgIpc) is 2.19. The second-order valence-corrected chi connectivity index (χ2v) is 2.84. The predicted molar refractivity (Wildman–Crippen MR) is 51.3 cm³/mol. The maximum absolute atomic E-state index is 12.0. The van der Waals surface area contributed by atoms with Crippen molar-refractivity contribution in [1.29, 1.82) is 0 Å². The molecule has 0 saturated heterocycles. The molecular formula is C9H9F3N2O3. The lowest BCUT2D eigenvalue weighted by atomic mass is 10.3. The molecule has 0 fully saturated rings. The zero-order valence-corrected chi connectivity index (χ0v) is 8.75. The van der Waals surface area contributed by atoms with Gasteiger partial charge in [0.15, 0.2) is 11.4 Å². The lowest BCUT2D eigenvalue weighted by Gasteiger charge is -2.12. The molecule has 0 aromatic carbocycles. The van der Waals surface area contributed by atoms with Crippen molar-refractivity contribution in [1.82, 2.24) is 4.98 Å². The molecule has 17 heavy (non-hydrogen) atoms. The molecule has 1 aromatic heterocycles. The first-order chi connectivity index (χ1) is 7.85. The van der Waals surface area contributed by atoms with E-state index in [2.05, 4.69) is 14.5 Å². The summed E-state index contributed by atoms with van der Waals surface area (Å²) in [5, 5.41) is 0. The van der Waals surface area contributed by atoms with Crippen molar-refractivity contribution in [3.8, 4) is 5.75 Å². The lowest BCUT2D eigenvalue weighted by molar-refractivity contribution is -0.274. The van der Waals surface area contributed by atoms with Crippen LogP contribution in [-0.4, -0.2) is 23.9 Å². The molecule has 0 bridgehead atoms. The molecule has 0 aliphatic carbocycles. The van der Waals surface area contributed by atoms with Gasteiger partial charge in [0.2, 0.25) is 0 Å². The molecule has 8 heteroatoms. The molecule has 5 nitrogen and oxygen atoms in total. The Bertz CT molecular complexity index is 420. The number of aromatic nitrogens is 1. The van der Waals surface area contributed by atoms with Gasteiger partial charge in [-0.05, 0) is 6.92 Å². The first-order valence-corrected chi connectivity index (χ1v) is 4.52. The predicted octanol–water partition coefficient (Wildman–Crippen LogP) is 1.74. The quantitative estimate of drug-likeness (QED) is 0.827. The number of alkyl halides is 3. The van der Waals surface area contributed by atoms with Crippen LogP contribution in [-0.2, 0) is 4.74 Å². The Labute approximate surface area is 94.3 Å². The van der Waals surface area contributed by atoms with Crippen LogP contribution in [0.15, 0.2) is 12.3 Å². The van der Waals surface area contributed by atoms with Gasteiger partial charge in [0, 0.05) is 12.3 Å². The number of hydrogen-bond acceptors (Lipinski definition) is 5. The van der Waals surface area contributed by atoms with Crippen LogP contribution in [0.3, 0.4) is 0 Å². The molecule has 1 heterocycles. The van der Waals surface area contributed by atoms with Crippen molar-refractivity contribution in [3.63, 3.8) is 0 Å². The monoisotopic (exact) mass is 250 g/mol. The number of ether oxygens (including phenoxy) is 2. The van der Waals surface area contributed by atoms with Gasteiger partial charge in [0.25, 0.3) is 0 Å². The highest BCUT2D eigenvalue weighted by molar-refractivity contribution is 5.94. The summed E-state index contributed by atoms with van der Waals surface area (Å²) in [6.45, 7) is 1.61. The highest BCUT2D eigenvalue weighted by Crippen LogP contribution is 2.29. The summed E-state index contributed by atoms with van der Waals surface area (Å²) >= 11 is 0. The van der Waals surface area contributed by atoms with E-state index in [-0.39, 0.29) is 6.61 Å². The van der Waals surface area contributed by atoms with Crippen LogP contribution in [0.4, 0.5) is 18.9 Å². The van der Waals surface area contributed by atoms with Gasteiger partial charge >= 0.3 is 12.3 Å². The van der Waals surface area contributed by atoms with Crippen LogP contribution in [0.1, 0.15) is 17.4 Å². The van der Waals surface area contributed by atoms with Crippen molar-refractivity contribution in [3.05, 3.63) is 18.0 Å². The normalized spacial score (nSPS) is 11.1. The second kappa shape index (κ2) is 4.89. The molecule has 0 unspecified atom stereocenters. The smallest absolute Gasteiger partial charge is 0.461 e. The van der Waals surface area contributed by atoms with Gasteiger partial charge in [-0.3, -0.25) is 0 Å². The van der Waals surface area contributed by atoms with Gasteiger partial charge in [-0.2, -0.15) is 0 Å². The van der Waals surface area contributed by atoms with E-state index in [9.17, 15) is 18.0 Å². The standard InChI is InChI=1S/C9H9F3N2O3/c1-2-16-8(15)7-6(13)5(3-4-14-7)17-9(10,11)12/h3-4H,2,13H2,1H3. The number of nitrogens with two attached hydrogens (primary N) is 1. The number of carbonyl (C=O) groups is 1. The van der Waals surface area contributed by atoms with E-state index in [0.29, 0.717) is 0 Å². The number of halogens is 3. The Kier molecular flexibility index (Phi) is 3.77. The number of pyridine rings is 1. The fourth-order valence-corrected chi connectivity index (χ4v) is 1.03. The molecule has 0 saturated carbocycles. The first-order valence-electron chi connectivity index (χ1n) is 4.52. The minimum atomic E-state index is -4.89. The van der Waals surface area contributed by atoms with Crippen molar-refractivity contribution >= 4 is 11.7 Å². The zero-order valence-electron chi connectivity index (χ0n) is 8.75. The maximum atomic E-state index is 12.0. The first kappa shape index (κ1) is 13.1. The Balaban J connectivity index is 3.03. The molecule has 1 rings (SSSR count). The summed E-state index contributed by atoms with van der Waals surface area (Å²) in [4.78, 5) is 14.8. The summed E-state index contributed by atoms with van der Waals surface area (Å²) in [6, 6.07) is 0.908. The molecule has 2 N–H and O–H groups in total. The average molecular weight is 250 g/mol. The number of nitrogens with zero attached hydrogens (tertiary/aromatic N) is 1. The molecule has 1 aromatic rings. The van der Waals surface area contributed by atoms with E-state index in [1.807, 2.05) is 0 Å². The van der Waals surface area contributed by atoms with Crippen molar-refractivity contribution in [2.75, 3.05) is 12.3 Å². The van der Waals surface area contributed by atoms with E-state index < -0.39 is 29.5 Å². The third-order valence-electron chi connectivity index (χ3n) is 1.64. The number of anilines is 1. The molecule has 94 valence electrons. The maximum Gasteiger partial charge on any atom is 0.573 e. The van der Waals surface area contributed by atoms with Crippen LogP contribution >= 0.6 is 0 Å². The summed E-state index contributed by atoms with van der Waals surface area (Å²) in [6.07, 6.45) is -3.91. The molecule has 0 aliphatic rings. The van der Waals surface area contributed by atoms with Gasteiger partial charge in [0.1, 0.15) is 5.69 Å². The van der Waals surface area contributed by atoms with Crippen LogP contribution in [0.5, 0.6) is 5.75 Å².